The van der Waals surface area contributed by atoms with Crippen molar-refractivity contribution >= 4 is 33.7 Å². The number of sulfone groups is 1. The molecule has 29 heavy (non-hydrogen) atoms. The van der Waals surface area contributed by atoms with Crippen LogP contribution in [0.5, 0.6) is 11.5 Å². The Labute approximate surface area is 166 Å². The number of nitrogens with zero attached hydrogens (tertiary/aromatic N) is 2. The van der Waals surface area contributed by atoms with Crippen molar-refractivity contribution in [3.05, 3.63) is 23.8 Å². The van der Waals surface area contributed by atoms with Gasteiger partial charge < -0.3 is 19.5 Å². The molecule has 3 heterocycles. The first-order valence-corrected chi connectivity index (χ1v) is 10.4. The molecule has 1 amide bonds. The number of ether oxygens (including phenoxy) is 2. The number of hydrogen-bond acceptors (Lipinski definition) is 8. The summed E-state index contributed by atoms with van der Waals surface area (Å²) in [5.74, 6) is -1.10. The number of aliphatic imine (C=N–C) groups is 1. The lowest BCUT2D eigenvalue weighted by Crippen LogP contribution is -2.57. The molecule has 154 valence electrons. The van der Waals surface area contributed by atoms with Gasteiger partial charge >= 0.3 is 5.97 Å². The summed E-state index contributed by atoms with van der Waals surface area (Å²) >= 11 is 0. The van der Waals surface area contributed by atoms with Gasteiger partial charge in [0.05, 0.1) is 13.0 Å². The number of Topliss-reactive ketones (excluding diaryl/α,β-unsaturated/α-hetero) is 1. The van der Waals surface area contributed by atoms with Crippen LogP contribution >= 0.6 is 0 Å². The fourth-order valence-electron chi connectivity index (χ4n) is 3.87. The number of hydrogen-bond donors (Lipinski definition) is 1. The molecule has 1 aromatic rings. The molecule has 3 aliphatic heterocycles. The van der Waals surface area contributed by atoms with E-state index < -0.39 is 37.9 Å². The van der Waals surface area contributed by atoms with Crippen molar-refractivity contribution in [2.75, 3.05) is 13.3 Å². The highest BCUT2D eigenvalue weighted by atomic mass is 32.2. The summed E-state index contributed by atoms with van der Waals surface area (Å²) in [5.41, 5.74) is 0.687. The second-order valence-electron chi connectivity index (χ2n) is 7.30. The number of carbonyl (C=O) groups excluding carboxylic acids is 2. The highest BCUT2D eigenvalue weighted by molar-refractivity contribution is 7.94. The van der Waals surface area contributed by atoms with E-state index in [-0.39, 0.29) is 32.0 Å². The van der Waals surface area contributed by atoms with Crippen LogP contribution in [-0.2, 0) is 30.6 Å². The van der Waals surface area contributed by atoms with Crippen molar-refractivity contribution < 1.29 is 37.4 Å². The molecule has 4 rings (SSSR count). The van der Waals surface area contributed by atoms with Crippen LogP contribution in [0.25, 0.3) is 0 Å². The number of β-lactam (4-membered cyclic amide) rings is 1. The summed E-state index contributed by atoms with van der Waals surface area (Å²) in [5, 5.41) is 8.34. The van der Waals surface area contributed by atoms with E-state index in [2.05, 4.69) is 4.99 Å². The Morgan fingerprint density at radius 1 is 1.34 bits per heavy atom. The first-order valence-electron chi connectivity index (χ1n) is 8.84. The van der Waals surface area contributed by atoms with Gasteiger partial charge in [0.25, 0.3) is 0 Å². The maximum absolute atomic E-state index is 12.8. The molecule has 0 radical (unpaired) electrons. The third kappa shape index (κ3) is 2.87. The molecule has 0 bridgehead atoms. The fraction of sp³-hybridized carbons (Fsp3) is 0.444. The van der Waals surface area contributed by atoms with Gasteiger partial charge in [-0.2, -0.15) is 0 Å². The molecule has 2 saturated heterocycles. The number of carboxylic acid groups (broad SMARTS) is 1. The summed E-state index contributed by atoms with van der Waals surface area (Å²) in [6.07, 6.45) is 0.801. The number of amides is 1. The van der Waals surface area contributed by atoms with Crippen molar-refractivity contribution in [2.24, 2.45) is 4.99 Å². The third-order valence-electron chi connectivity index (χ3n) is 5.43. The maximum Gasteiger partial charge on any atom is 0.328 e. The summed E-state index contributed by atoms with van der Waals surface area (Å²) in [4.78, 5) is 40.5. The van der Waals surface area contributed by atoms with Gasteiger partial charge in [-0.05, 0) is 24.6 Å². The second kappa shape index (κ2) is 6.55. The minimum Gasteiger partial charge on any atom is -0.480 e. The zero-order valence-electron chi connectivity index (χ0n) is 15.4. The van der Waals surface area contributed by atoms with Gasteiger partial charge in [0, 0.05) is 12.6 Å². The lowest BCUT2D eigenvalue weighted by atomic mass is 9.97. The minimum absolute atomic E-state index is 0.0487. The van der Waals surface area contributed by atoms with Crippen LogP contribution < -0.4 is 9.47 Å². The number of aliphatic carboxylic acids is 1. The molecule has 10 nitrogen and oxygen atoms in total. The van der Waals surface area contributed by atoms with Gasteiger partial charge in [-0.3, -0.25) is 14.6 Å². The number of rotatable bonds is 6. The minimum atomic E-state index is -3.99. The van der Waals surface area contributed by atoms with Gasteiger partial charge in [-0.25, -0.2) is 13.2 Å². The normalized spacial score (nSPS) is 29.0. The van der Waals surface area contributed by atoms with Crippen molar-refractivity contribution in [2.45, 2.75) is 35.9 Å². The average molecular weight is 422 g/mol. The van der Waals surface area contributed by atoms with Gasteiger partial charge in [0.2, 0.25) is 12.7 Å². The number of fused-ring (bicyclic) bond motifs is 2. The molecule has 2 fully saturated rings. The molecule has 1 N–H and O–H groups in total. The van der Waals surface area contributed by atoms with Gasteiger partial charge in [-0.1, -0.05) is 6.07 Å². The van der Waals surface area contributed by atoms with E-state index in [1.807, 2.05) is 0 Å². The lowest BCUT2D eigenvalue weighted by molar-refractivity contribution is -0.156. The maximum atomic E-state index is 12.8. The molecule has 11 heteroatoms. The summed E-state index contributed by atoms with van der Waals surface area (Å²) < 4.78 is 34.1. The molecule has 0 aromatic heterocycles. The third-order valence-corrected chi connectivity index (χ3v) is 8.09. The molecule has 3 atom stereocenters. The molecule has 0 saturated carbocycles. The molecular weight excluding hydrogens is 404 g/mol. The van der Waals surface area contributed by atoms with E-state index in [0.29, 0.717) is 17.1 Å². The predicted molar refractivity (Wildman–Crippen MR) is 98.6 cm³/mol. The van der Waals surface area contributed by atoms with Gasteiger partial charge in [0.15, 0.2) is 33.2 Å². The Kier molecular flexibility index (Phi) is 4.37. The van der Waals surface area contributed by atoms with Crippen LogP contribution in [0.2, 0.25) is 0 Å². The van der Waals surface area contributed by atoms with Crippen LogP contribution in [0.1, 0.15) is 18.9 Å². The number of carbonyl (C=O) groups is 3. The predicted octanol–water partition coefficient (Wildman–Crippen LogP) is -0.204. The lowest BCUT2D eigenvalue weighted by Gasteiger charge is -2.35. The zero-order chi connectivity index (χ0) is 21.0. The van der Waals surface area contributed by atoms with Crippen LogP contribution in [0.15, 0.2) is 23.2 Å². The van der Waals surface area contributed by atoms with E-state index in [4.69, 9.17) is 9.47 Å². The Hall–Kier alpha value is -2.95. The number of carboxylic acids is 1. The largest absolute Gasteiger partial charge is 0.480 e. The first kappa shape index (κ1) is 19.4. The SMILES string of the molecule is C[C@]1(C=NCC(=O)Cc2ccc3c(c2)OCO3)[C@H](C(=O)O)N2C(=O)C[C@H]2S1(=O)=O. The van der Waals surface area contributed by atoms with E-state index >= 15 is 0 Å². The van der Waals surface area contributed by atoms with Crippen LogP contribution in [0.3, 0.4) is 0 Å². The first-order chi connectivity index (χ1) is 13.6. The number of ketones is 1. The van der Waals surface area contributed by atoms with Gasteiger partial charge in [-0.15, -0.1) is 0 Å². The van der Waals surface area contributed by atoms with E-state index in [1.165, 1.54) is 6.92 Å². The van der Waals surface area contributed by atoms with E-state index in [0.717, 1.165) is 11.1 Å². The smallest absolute Gasteiger partial charge is 0.328 e. The Morgan fingerprint density at radius 2 is 2.07 bits per heavy atom. The van der Waals surface area contributed by atoms with Crippen molar-refractivity contribution in [3.8, 4) is 11.5 Å². The molecule has 0 unspecified atom stereocenters. The van der Waals surface area contributed by atoms with Gasteiger partial charge in [0.1, 0.15) is 10.1 Å². The topological polar surface area (TPSA) is 140 Å². The molecule has 0 aliphatic carbocycles. The standard InChI is InChI=1S/C18H18N2O8S/c1-18(16(17(23)24)20-14(22)6-15(20)29(18,25)26)8-19-7-11(21)4-10-2-3-12-13(5-10)28-9-27-12/h2-3,5,8,15-16H,4,6-7,9H2,1H3,(H,23,24)/t15-,16+,18+/m1/s1. The van der Waals surface area contributed by atoms with Crippen LogP contribution in [-0.4, -0.2) is 71.8 Å². The summed E-state index contributed by atoms with van der Waals surface area (Å²) in [7, 11) is -3.99. The second-order valence-corrected chi connectivity index (χ2v) is 9.82. The molecule has 1 aromatic carbocycles. The van der Waals surface area contributed by atoms with Crippen molar-refractivity contribution in [1.82, 2.24) is 4.90 Å². The summed E-state index contributed by atoms with van der Waals surface area (Å²) in [6.45, 7) is 1.03. The quantitative estimate of drug-likeness (QED) is 0.491. The van der Waals surface area contributed by atoms with Crippen molar-refractivity contribution in [1.29, 1.82) is 0 Å². The Balaban J connectivity index is 1.48. The highest BCUT2D eigenvalue weighted by Crippen LogP contribution is 2.45. The van der Waals surface area contributed by atoms with Crippen LogP contribution in [0.4, 0.5) is 0 Å². The molecular formula is C18H18N2O8S. The highest BCUT2D eigenvalue weighted by Gasteiger charge is 2.69. The van der Waals surface area contributed by atoms with E-state index in [9.17, 15) is 27.9 Å². The Bertz CT molecular complexity index is 1050. The zero-order valence-corrected chi connectivity index (χ0v) is 16.2. The fourth-order valence-corrected chi connectivity index (χ4v) is 6.10. The molecule has 0 spiro atoms. The number of benzene rings is 1. The van der Waals surface area contributed by atoms with Crippen molar-refractivity contribution in [3.63, 3.8) is 0 Å². The monoisotopic (exact) mass is 422 g/mol. The average Bonchev–Trinajstić information content (AvgIpc) is 3.15. The van der Waals surface area contributed by atoms with E-state index in [1.54, 1.807) is 18.2 Å². The molecule has 3 aliphatic rings. The summed E-state index contributed by atoms with van der Waals surface area (Å²) in [6, 6.07) is 3.53. The van der Waals surface area contributed by atoms with Crippen LogP contribution in [0, 0.1) is 0 Å². The Morgan fingerprint density at radius 3 is 2.76 bits per heavy atom.